The Morgan fingerprint density at radius 1 is 1.27 bits per heavy atom. The van der Waals surface area contributed by atoms with Crippen molar-refractivity contribution in [3.05, 3.63) is 33.9 Å². The molecule has 1 aliphatic heterocycles. The van der Waals surface area contributed by atoms with E-state index in [-0.39, 0.29) is 42.8 Å². The number of alkyl halides is 2. The minimum Gasteiger partial charge on any atom is -0.598 e. The molecule has 6 nitrogen and oxygen atoms in total. The van der Waals surface area contributed by atoms with Gasteiger partial charge < -0.3 is 9.45 Å². The molecule has 0 radical (unpaired) electrons. The maximum Gasteiger partial charge on any atom is 0.262 e. The number of nitrogens with one attached hydrogen (secondary N) is 1. The van der Waals surface area contributed by atoms with Crippen LogP contribution >= 0.6 is 0 Å². The molecule has 0 spiro atoms. The Labute approximate surface area is 176 Å². The molecule has 1 saturated heterocycles. The Balaban J connectivity index is 2.08. The van der Waals surface area contributed by atoms with Crippen molar-refractivity contribution >= 4 is 28.2 Å². The Morgan fingerprint density at radius 3 is 2.43 bits per heavy atom. The second kappa shape index (κ2) is 8.05. The van der Waals surface area contributed by atoms with Gasteiger partial charge in [0.1, 0.15) is 10.6 Å². The summed E-state index contributed by atoms with van der Waals surface area (Å²) in [5, 5.41) is 0.0915. The average molecular weight is 445 g/mol. The number of piperidine rings is 1. The molecule has 10 heteroatoms. The molecule has 1 aromatic carbocycles. The zero-order valence-electron chi connectivity index (χ0n) is 17.8. The third kappa shape index (κ3) is 4.60. The summed E-state index contributed by atoms with van der Waals surface area (Å²) in [6.45, 7) is 7.28. The van der Waals surface area contributed by atoms with Gasteiger partial charge in [-0.2, -0.15) is 0 Å². The van der Waals surface area contributed by atoms with Crippen molar-refractivity contribution in [3.8, 4) is 0 Å². The fourth-order valence-electron chi connectivity index (χ4n) is 3.40. The van der Waals surface area contributed by atoms with Crippen LogP contribution in [0, 0.1) is 5.82 Å². The van der Waals surface area contributed by atoms with Gasteiger partial charge in [-0.15, -0.1) is 4.72 Å². The molecule has 0 bridgehead atoms. The summed E-state index contributed by atoms with van der Waals surface area (Å²) in [5.74, 6) is -3.06. The largest absolute Gasteiger partial charge is 0.598 e. The number of fused-ring (bicyclic) bond motifs is 1. The average Bonchev–Trinajstić information content (AvgIpc) is 2.64. The maximum atomic E-state index is 14.3. The fraction of sp³-hybridized carbons (Fsp3) is 0.600. The SMILES string of the molecule is CC(N[S+]([O-])C(C)(C)C)c1cc(F)cc2c(=O)n(C)c(N3CCC(F)(F)CC3)nc12. The van der Waals surface area contributed by atoms with Crippen LogP contribution in [-0.4, -0.2) is 37.9 Å². The summed E-state index contributed by atoms with van der Waals surface area (Å²) < 4.78 is 57.6. The second-order valence-electron chi connectivity index (χ2n) is 8.73. The number of anilines is 1. The first-order valence-electron chi connectivity index (χ1n) is 9.81. The van der Waals surface area contributed by atoms with Gasteiger partial charge in [-0.05, 0) is 39.8 Å². The first kappa shape index (κ1) is 22.9. The van der Waals surface area contributed by atoms with E-state index in [1.807, 2.05) is 20.8 Å². The molecule has 3 rings (SSSR count). The lowest BCUT2D eigenvalue weighted by molar-refractivity contribution is -0.0223. The maximum absolute atomic E-state index is 14.3. The van der Waals surface area contributed by atoms with Crippen LogP contribution in [0.4, 0.5) is 19.1 Å². The van der Waals surface area contributed by atoms with Gasteiger partial charge in [0, 0.05) is 49.9 Å². The number of rotatable bonds is 4. The van der Waals surface area contributed by atoms with Crippen LogP contribution in [0.2, 0.25) is 0 Å². The van der Waals surface area contributed by atoms with Crippen molar-refractivity contribution in [3.63, 3.8) is 0 Å². The van der Waals surface area contributed by atoms with Gasteiger partial charge in [0.25, 0.3) is 11.5 Å². The van der Waals surface area contributed by atoms with E-state index in [4.69, 9.17) is 0 Å². The summed E-state index contributed by atoms with van der Waals surface area (Å²) in [5.41, 5.74) is 0.207. The molecule has 0 aliphatic carbocycles. The topological polar surface area (TPSA) is 73.2 Å². The van der Waals surface area contributed by atoms with Gasteiger partial charge >= 0.3 is 0 Å². The van der Waals surface area contributed by atoms with Crippen LogP contribution in [0.5, 0.6) is 0 Å². The molecule has 2 atom stereocenters. The quantitative estimate of drug-likeness (QED) is 0.732. The second-order valence-corrected chi connectivity index (χ2v) is 10.7. The van der Waals surface area contributed by atoms with Crippen molar-refractivity contribution < 1.29 is 17.7 Å². The highest BCUT2D eigenvalue weighted by molar-refractivity contribution is 7.90. The Hall–Kier alpha value is -1.78. The van der Waals surface area contributed by atoms with Gasteiger partial charge in [-0.3, -0.25) is 9.36 Å². The van der Waals surface area contributed by atoms with Gasteiger partial charge in [-0.25, -0.2) is 18.2 Å². The third-order valence-corrected chi connectivity index (χ3v) is 6.92. The van der Waals surface area contributed by atoms with Crippen molar-refractivity contribution in [1.29, 1.82) is 0 Å². The van der Waals surface area contributed by atoms with Crippen LogP contribution in [0.3, 0.4) is 0 Å². The molecule has 1 fully saturated rings. The monoisotopic (exact) mass is 444 g/mol. The predicted molar refractivity (Wildman–Crippen MR) is 113 cm³/mol. The molecule has 1 aliphatic rings. The summed E-state index contributed by atoms with van der Waals surface area (Å²) in [6, 6.07) is 1.83. The van der Waals surface area contributed by atoms with E-state index < -0.39 is 39.4 Å². The van der Waals surface area contributed by atoms with Crippen LogP contribution in [-0.2, 0) is 18.4 Å². The van der Waals surface area contributed by atoms with Gasteiger partial charge in [0.15, 0.2) is 0 Å². The standard InChI is InChI=1S/C20H27F3N4O2S/c1-12(25-30(29)19(2,3)4)14-10-13(21)11-15-16(14)24-18(26(5)17(15)28)27-8-6-20(22,23)7-9-27/h10-12,25H,6-9H2,1-5H3. The van der Waals surface area contributed by atoms with Gasteiger partial charge in [-0.1, -0.05) is 0 Å². The smallest absolute Gasteiger partial charge is 0.262 e. The summed E-state index contributed by atoms with van der Waals surface area (Å²) in [6.07, 6.45) is -0.639. The van der Waals surface area contributed by atoms with Crippen molar-refractivity contribution in [2.75, 3.05) is 18.0 Å². The molecule has 2 unspecified atom stereocenters. The number of hydrogen-bond acceptors (Lipinski definition) is 5. The minimum absolute atomic E-state index is 0.0666. The molecule has 2 aromatic rings. The molecule has 1 aromatic heterocycles. The van der Waals surface area contributed by atoms with Crippen molar-refractivity contribution in [2.24, 2.45) is 7.05 Å². The van der Waals surface area contributed by atoms with Gasteiger partial charge in [0.05, 0.1) is 16.9 Å². The molecule has 30 heavy (non-hydrogen) atoms. The van der Waals surface area contributed by atoms with Crippen LogP contribution in [0.25, 0.3) is 10.9 Å². The van der Waals surface area contributed by atoms with E-state index in [9.17, 15) is 22.5 Å². The zero-order chi connectivity index (χ0) is 22.4. The lowest BCUT2D eigenvalue weighted by atomic mass is 10.0. The summed E-state index contributed by atoms with van der Waals surface area (Å²) in [4.78, 5) is 19.2. The summed E-state index contributed by atoms with van der Waals surface area (Å²) in [7, 11) is 1.50. The van der Waals surface area contributed by atoms with E-state index in [0.29, 0.717) is 5.56 Å². The fourth-order valence-corrected chi connectivity index (χ4v) is 4.20. The van der Waals surface area contributed by atoms with Crippen molar-refractivity contribution in [1.82, 2.24) is 14.3 Å². The van der Waals surface area contributed by atoms with Crippen LogP contribution in [0.15, 0.2) is 16.9 Å². The Bertz CT molecular complexity index is 996. The Kier molecular flexibility index (Phi) is 6.14. The van der Waals surface area contributed by atoms with E-state index in [0.717, 1.165) is 6.07 Å². The zero-order valence-corrected chi connectivity index (χ0v) is 18.6. The van der Waals surface area contributed by atoms with E-state index in [1.54, 1.807) is 11.8 Å². The molecule has 166 valence electrons. The number of nitrogens with zero attached hydrogens (tertiary/aromatic N) is 3. The third-order valence-electron chi connectivity index (χ3n) is 5.24. The first-order chi connectivity index (χ1) is 13.8. The number of hydrogen-bond donors (Lipinski definition) is 1. The highest BCUT2D eigenvalue weighted by atomic mass is 32.2. The highest BCUT2D eigenvalue weighted by Crippen LogP contribution is 2.31. The van der Waals surface area contributed by atoms with Crippen LogP contribution < -0.4 is 15.2 Å². The molecular weight excluding hydrogens is 417 g/mol. The number of aromatic nitrogens is 2. The lowest BCUT2D eigenvalue weighted by Crippen LogP contribution is -2.42. The molecule has 1 N–H and O–H groups in total. The first-order valence-corrected chi connectivity index (χ1v) is 11.0. The number of halogens is 3. The van der Waals surface area contributed by atoms with Gasteiger partial charge in [0.2, 0.25) is 5.95 Å². The van der Waals surface area contributed by atoms with Crippen molar-refractivity contribution in [2.45, 2.75) is 57.2 Å². The normalized spacial score (nSPS) is 19.2. The lowest BCUT2D eigenvalue weighted by Gasteiger charge is -2.33. The predicted octanol–water partition coefficient (Wildman–Crippen LogP) is 3.42. The molecule has 0 saturated carbocycles. The minimum atomic E-state index is -2.73. The summed E-state index contributed by atoms with van der Waals surface area (Å²) >= 11 is -1.42. The molecule has 2 heterocycles. The van der Waals surface area contributed by atoms with Crippen LogP contribution in [0.1, 0.15) is 52.1 Å². The Morgan fingerprint density at radius 2 is 1.87 bits per heavy atom. The number of benzene rings is 1. The molecular formula is C20H27F3N4O2S. The van der Waals surface area contributed by atoms with E-state index in [2.05, 4.69) is 9.71 Å². The van der Waals surface area contributed by atoms with E-state index in [1.165, 1.54) is 17.7 Å². The highest BCUT2D eigenvalue weighted by Gasteiger charge is 2.35. The van der Waals surface area contributed by atoms with E-state index >= 15 is 0 Å². The molecule has 0 amide bonds.